The van der Waals surface area contributed by atoms with Crippen LogP contribution in [0.2, 0.25) is 0 Å². The number of esters is 1. The number of benzene rings is 2. The van der Waals surface area contributed by atoms with Crippen LogP contribution in [0.3, 0.4) is 0 Å². The molecule has 2 aromatic rings. The Kier molecular flexibility index (Phi) is 5.89. The van der Waals surface area contributed by atoms with E-state index in [4.69, 9.17) is 23.3 Å². The van der Waals surface area contributed by atoms with Crippen molar-refractivity contribution in [2.75, 3.05) is 6.79 Å². The van der Waals surface area contributed by atoms with Crippen LogP contribution in [-0.4, -0.2) is 59.3 Å². The Balaban J connectivity index is 0.00000253. The van der Waals surface area contributed by atoms with Crippen molar-refractivity contribution < 1.29 is 71.4 Å². The first-order valence-corrected chi connectivity index (χ1v) is 11.8. The van der Waals surface area contributed by atoms with Crippen molar-refractivity contribution in [2.24, 2.45) is 0 Å². The van der Waals surface area contributed by atoms with E-state index in [-0.39, 0.29) is 53.8 Å². The maximum atomic E-state index is 13.0. The van der Waals surface area contributed by atoms with E-state index in [9.17, 15) is 29.3 Å². The van der Waals surface area contributed by atoms with Crippen molar-refractivity contribution in [3.05, 3.63) is 53.1 Å². The average molecular weight is 497 g/mol. The van der Waals surface area contributed by atoms with Gasteiger partial charge in [0.1, 0.15) is 24.4 Å². The van der Waals surface area contributed by atoms with E-state index in [1.54, 1.807) is 18.2 Å². The Morgan fingerprint density at radius 3 is 2.63 bits per heavy atom. The van der Waals surface area contributed by atoms with E-state index in [1.807, 2.05) is 0 Å². The normalized spacial score (nSPS) is 34.1. The average Bonchev–Trinajstić information content (AvgIpc) is 3.41. The first-order valence-electron chi connectivity index (χ1n) is 10.3. The first kappa shape index (κ1) is 24.2. The molecule has 4 aliphatic rings. The summed E-state index contributed by atoms with van der Waals surface area (Å²) in [5, 5.41) is 24.4. The van der Waals surface area contributed by atoms with Gasteiger partial charge in [-0.1, -0.05) is 18.2 Å². The van der Waals surface area contributed by atoms with Gasteiger partial charge in [-0.05, 0) is 23.8 Å². The molecule has 1 aliphatic carbocycles. The number of aliphatic hydroxyl groups is 1. The maximum Gasteiger partial charge on any atom is 1.00 e. The minimum Gasteiger partial charge on any atom is -0.756 e. The number of fused-ring (bicyclic) bond motifs is 6. The minimum atomic E-state index is -4.79. The van der Waals surface area contributed by atoms with Gasteiger partial charge in [0, 0.05) is 5.92 Å². The second-order valence-corrected chi connectivity index (χ2v) is 9.58. The molecule has 0 spiro atoms. The topological polar surface area (TPSA) is 173 Å². The summed E-state index contributed by atoms with van der Waals surface area (Å²) >= 11 is 0. The molecule has 2 fully saturated rings. The summed E-state index contributed by atoms with van der Waals surface area (Å²) < 4.78 is 38.3. The van der Waals surface area contributed by atoms with Crippen molar-refractivity contribution in [3.8, 4) is 17.2 Å². The number of carbonyl (C=O) groups excluding carboxylic acids is 2. The number of phenols is 1. The van der Waals surface area contributed by atoms with Crippen LogP contribution in [0.5, 0.6) is 17.2 Å². The van der Waals surface area contributed by atoms with Gasteiger partial charge >= 0.3 is 24.8 Å². The molecule has 3 heterocycles. The second-order valence-electron chi connectivity index (χ2n) is 8.26. The molecule has 6 rings (SSSR count). The number of amides is 1. The fourth-order valence-corrected chi connectivity index (χ4v) is 6.14. The number of aromatic hydroxyl groups is 1. The molecular weight excluding hydrogens is 480 g/mol. The fraction of sp³-hybridized carbons (Fsp3) is 0.333. The van der Waals surface area contributed by atoms with Crippen molar-refractivity contribution in [2.45, 2.75) is 36.4 Å². The van der Waals surface area contributed by atoms with Gasteiger partial charge in [-0.25, -0.2) is 4.79 Å². The van der Waals surface area contributed by atoms with Gasteiger partial charge < -0.3 is 43.7 Å². The van der Waals surface area contributed by atoms with Gasteiger partial charge in [0.15, 0.2) is 11.5 Å². The number of phenolic OH excluding ortho intramolecular Hbond substituents is 1. The molecule has 0 bridgehead atoms. The van der Waals surface area contributed by atoms with Gasteiger partial charge in [0.05, 0.1) is 17.2 Å². The van der Waals surface area contributed by atoms with Crippen LogP contribution in [0, 0.1) is 0 Å². The summed E-state index contributed by atoms with van der Waals surface area (Å²) in [6.07, 6.45) is -5.74. The summed E-state index contributed by atoms with van der Waals surface area (Å²) in [7, 11) is -4.79. The zero-order valence-corrected chi connectivity index (χ0v) is 19.0. The van der Waals surface area contributed by atoms with Crippen LogP contribution in [0.25, 0.3) is 0 Å². The zero-order chi connectivity index (χ0) is 23.8. The van der Waals surface area contributed by atoms with Gasteiger partial charge in [-0.15, -0.1) is 0 Å². The van der Waals surface area contributed by atoms with E-state index >= 15 is 0 Å². The number of aliphatic hydroxyl groups excluding tert-OH is 1. The quantitative estimate of drug-likeness (QED) is 0.222. The molecule has 0 radical (unpaired) electrons. The number of hydrogen-bond acceptors (Lipinski definition) is 11. The second kappa shape index (κ2) is 8.53. The Labute approximate surface area is 209 Å². The summed E-state index contributed by atoms with van der Waals surface area (Å²) in [4.78, 5) is 37.9. The molecule has 14 heteroatoms. The van der Waals surface area contributed by atoms with E-state index in [2.05, 4.69) is 5.32 Å². The van der Waals surface area contributed by atoms with Crippen LogP contribution in [0.15, 0.2) is 36.4 Å². The van der Waals surface area contributed by atoms with Crippen molar-refractivity contribution in [1.82, 2.24) is 5.32 Å². The van der Waals surface area contributed by atoms with Gasteiger partial charge in [0.25, 0.3) is 13.7 Å². The molecule has 12 nitrogen and oxygen atoms in total. The molecule has 7 atom stereocenters. The van der Waals surface area contributed by atoms with E-state index < -0.39 is 61.8 Å². The SMILES string of the molecule is O=C(O[C@H]1[C@H](O)[C@H]2OP(=O)([O-])O[C@H]2[C@@H]2NC(=O)c3c(cc4c(c3O)OCO4)[C@H]21)c1ccccc1.[Li+]. The van der Waals surface area contributed by atoms with E-state index in [1.165, 1.54) is 18.2 Å². The molecule has 1 saturated carbocycles. The number of ether oxygens (including phenoxy) is 3. The van der Waals surface area contributed by atoms with Gasteiger partial charge in [-0.3, -0.25) is 9.36 Å². The number of phosphoric acid groups is 1. The molecule has 0 aromatic heterocycles. The Bertz CT molecular complexity index is 1260. The van der Waals surface area contributed by atoms with Crippen LogP contribution in [-0.2, 0) is 18.3 Å². The Hall–Kier alpha value is -2.55. The van der Waals surface area contributed by atoms with Crippen molar-refractivity contribution in [1.29, 1.82) is 0 Å². The predicted molar refractivity (Wildman–Crippen MR) is 107 cm³/mol. The van der Waals surface area contributed by atoms with Crippen LogP contribution in [0.1, 0.15) is 32.2 Å². The molecular formula is C21H17LiNO11P. The molecule has 3 aliphatic heterocycles. The van der Waals surface area contributed by atoms with E-state index in [0.29, 0.717) is 0 Å². The van der Waals surface area contributed by atoms with Gasteiger partial charge in [-0.2, -0.15) is 0 Å². The van der Waals surface area contributed by atoms with E-state index in [0.717, 1.165) is 0 Å². The number of nitrogens with one attached hydrogen (secondary N) is 1. The zero-order valence-electron chi connectivity index (χ0n) is 18.2. The molecule has 35 heavy (non-hydrogen) atoms. The number of carbonyl (C=O) groups is 2. The maximum absolute atomic E-state index is 13.0. The molecule has 2 aromatic carbocycles. The van der Waals surface area contributed by atoms with Crippen molar-refractivity contribution in [3.63, 3.8) is 0 Å². The minimum absolute atomic E-state index is 0. The van der Waals surface area contributed by atoms with Crippen LogP contribution >= 0.6 is 7.82 Å². The molecule has 1 unspecified atom stereocenters. The third-order valence-corrected chi connectivity index (χ3v) is 7.40. The Morgan fingerprint density at radius 2 is 1.89 bits per heavy atom. The monoisotopic (exact) mass is 497 g/mol. The summed E-state index contributed by atoms with van der Waals surface area (Å²) in [6.45, 7) is -0.183. The standard InChI is InChI=1S/C21H18NO11P.Li/c23-14-12-9(6-10-16(14)30-7-29-10)11-13(22-20(12)25)18-19(33-34(27,28)32-18)15(24)17(11)31-21(26)8-4-2-1-3-5-8;/h1-6,11,13,15,17-19,23-24H,7H2,(H,22,25)(H,27,28);/q;+1/p-1/t11-,13-,15+,17-,18+,19-;/m1./s1. The van der Waals surface area contributed by atoms with Crippen LogP contribution in [0.4, 0.5) is 0 Å². The number of rotatable bonds is 2. The summed E-state index contributed by atoms with van der Waals surface area (Å²) in [5.41, 5.74) is 0.205. The van der Waals surface area contributed by atoms with Crippen molar-refractivity contribution >= 4 is 19.7 Å². The summed E-state index contributed by atoms with van der Waals surface area (Å²) in [6, 6.07) is 8.36. The first-order chi connectivity index (χ1) is 16.2. The smallest absolute Gasteiger partial charge is 0.756 e. The Morgan fingerprint density at radius 1 is 1.17 bits per heavy atom. The number of phosphoric ester groups is 1. The molecule has 3 N–H and O–H groups in total. The third kappa shape index (κ3) is 3.73. The predicted octanol–water partition coefficient (Wildman–Crippen LogP) is -2.83. The fourth-order valence-electron chi connectivity index (χ4n) is 5.00. The molecule has 1 amide bonds. The largest absolute Gasteiger partial charge is 1.00 e. The molecule has 1 saturated heterocycles. The third-order valence-electron chi connectivity index (χ3n) is 6.40. The van der Waals surface area contributed by atoms with Crippen LogP contribution < -0.4 is 38.5 Å². The number of hydrogen-bond donors (Lipinski definition) is 3. The summed E-state index contributed by atoms with van der Waals surface area (Å²) in [5.74, 6) is -2.89. The molecule has 178 valence electrons. The van der Waals surface area contributed by atoms with Gasteiger partial charge in [0.2, 0.25) is 12.5 Å².